The smallest absolute Gasteiger partial charge is 0.298 e. The van der Waals surface area contributed by atoms with Crippen LogP contribution in [-0.2, 0) is 46.9 Å². The monoisotopic (exact) mass is 760 g/mol. The van der Waals surface area contributed by atoms with Gasteiger partial charge in [-0.05, 0) is 78.6 Å². The maximum atomic E-state index is 13.0. The van der Waals surface area contributed by atoms with Crippen LogP contribution < -0.4 is 9.47 Å². The Bertz CT molecular complexity index is 2180. The van der Waals surface area contributed by atoms with E-state index in [1.807, 2.05) is 36.4 Å². The summed E-state index contributed by atoms with van der Waals surface area (Å²) < 4.78 is 129. The Hall–Kier alpha value is -4.21. The van der Waals surface area contributed by atoms with Crippen molar-refractivity contribution in [3.63, 3.8) is 0 Å². The zero-order chi connectivity index (χ0) is 37.4. The van der Waals surface area contributed by atoms with E-state index in [0.29, 0.717) is 24.7 Å². The van der Waals surface area contributed by atoms with E-state index in [2.05, 4.69) is 0 Å². The van der Waals surface area contributed by atoms with Crippen molar-refractivity contribution in [2.24, 2.45) is 0 Å². The molecule has 4 aromatic carbocycles. The fourth-order valence-electron chi connectivity index (χ4n) is 3.90. The zero-order valence-electron chi connectivity index (χ0n) is 26.2. The maximum Gasteiger partial charge on any atom is 0.298 e. The van der Waals surface area contributed by atoms with E-state index in [-0.39, 0.29) is 22.4 Å². The molecule has 0 spiro atoms. The highest BCUT2D eigenvalue weighted by molar-refractivity contribution is 7.86. The number of aryl methyl sites for hydroxylation is 1. The van der Waals surface area contributed by atoms with Gasteiger partial charge in [0, 0.05) is 11.1 Å². The van der Waals surface area contributed by atoms with Crippen molar-refractivity contribution >= 4 is 46.3 Å². The van der Waals surface area contributed by atoms with Crippen LogP contribution in [0.15, 0.2) is 94.7 Å². The minimum atomic E-state index is -4.81. The molecule has 0 amide bonds. The number of methoxy groups -OCH3 is 1. The van der Waals surface area contributed by atoms with Gasteiger partial charge in [0.2, 0.25) is 0 Å². The molecule has 0 saturated heterocycles. The van der Waals surface area contributed by atoms with E-state index >= 15 is 0 Å². The van der Waals surface area contributed by atoms with Gasteiger partial charge in [-0.2, -0.15) is 33.7 Å². The summed E-state index contributed by atoms with van der Waals surface area (Å²) in [5.74, 6) is 0.124. The van der Waals surface area contributed by atoms with E-state index in [0.717, 1.165) is 29.0 Å². The van der Waals surface area contributed by atoms with Gasteiger partial charge in [-0.15, -0.1) is 0 Å². The number of benzene rings is 4. The molecule has 0 atom stereocenters. The highest BCUT2D eigenvalue weighted by Crippen LogP contribution is 2.31. The molecule has 49 heavy (non-hydrogen) atoms. The van der Waals surface area contributed by atoms with Gasteiger partial charge in [-0.25, -0.2) is 0 Å². The summed E-state index contributed by atoms with van der Waals surface area (Å²) >= 11 is 0. The Morgan fingerprint density at radius 1 is 0.592 bits per heavy atom. The number of ketones is 1. The normalized spacial score (nSPS) is 11.7. The fraction of sp³-hybridized carbons (Fsp3) is 0.167. The van der Waals surface area contributed by atoms with Crippen molar-refractivity contribution < 1.29 is 66.2 Å². The first-order valence-corrected chi connectivity index (χ1v) is 19.9. The maximum absolute atomic E-state index is 13.0. The summed E-state index contributed by atoms with van der Waals surface area (Å²) in [5, 5.41) is 0. The van der Waals surface area contributed by atoms with Gasteiger partial charge < -0.3 is 9.47 Å². The van der Waals surface area contributed by atoms with Crippen molar-refractivity contribution in [1.29, 1.82) is 0 Å². The van der Waals surface area contributed by atoms with Gasteiger partial charge in [-0.3, -0.25) is 23.0 Å². The van der Waals surface area contributed by atoms with E-state index < -0.39 is 56.0 Å². The second-order valence-electron chi connectivity index (χ2n) is 10.2. The molecular formula is C30H32O15S4. The molecule has 19 heteroatoms. The summed E-state index contributed by atoms with van der Waals surface area (Å²) in [4.78, 5) is 11.9. The highest BCUT2D eigenvalue weighted by atomic mass is 32.2. The van der Waals surface area contributed by atoms with Crippen LogP contribution >= 0.6 is 0 Å². The number of hydrogen-bond acceptors (Lipinski definition) is 11. The number of carbonyl (C=O) groups is 1. The molecule has 4 N–H and O–H groups in total. The third kappa shape index (κ3) is 14.8. The predicted octanol–water partition coefficient (Wildman–Crippen LogP) is 4.12. The third-order valence-corrected chi connectivity index (χ3v) is 7.80. The molecule has 0 bridgehead atoms. The molecule has 0 aromatic heterocycles. The van der Waals surface area contributed by atoms with Crippen LogP contribution in [0, 0.1) is 6.92 Å². The van der Waals surface area contributed by atoms with Crippen LogP contribution in [0.2, 0.25) is 0 Å². The molecule has 0 heterocycles. The summed E-state index contributed by atoms with van der Waals surface area (Å²) in [6.07, 6.45) is 2.08. The Morgan fingerprint density at radius 2 is 0.980 bits per heavy atom. The number of carbonyl (C=O) groups excluding carboxylic acids is 1. The molecule has 0 unspecified atom stereocenters. The minimum absolute atomic E-state index is 0.101. The Morgan fingerprint density at radius 3 is 1.39 bits per heavy atom. The van der Waals surface area contributed by atoms with Gasteiger partial charge >= 0.3 is 0 Å². The third-order valence-electron chi connectivity index (χ3n) is 5.93. The van der Waals surface area contributed by atoms with E-state index in [9.17, 15) is 47.6 Å². The van der Waals surface area contributed by atoms with Crippen molar-refractivity contribution in [3.05, 3.63) is 113 Å². The molecule has 0 radical (unpaired) electrons. The number of ether oxygens (including phenoxy) is 2. The van der Waals surface area contributed by atoms with E-state index in [1.54, 1.807) is 19.2 Å². The molecule has 4 rings (SSSR count). The number of hydrogen-bond donors (Lipinski definition) is 4. The summed E-state index contributed by atoms with van der Waals surface area (Å²) in [6, 6.07) is 21.7. The van der Waals surface area contributed by atoms with Crippen LogP contribution in [0.25, 0.3) is 0 Å². The average Bonchev–Trinajstić information content (AvgIpc) is 2.96. The lowest BCUT2D eigenvalue weighted by molar-refractivity contribution is 0.103. The first-order chi connectivity index (χ1) is 22.3. The summed E-state index contributed by atoms with van der Waals surface area (Å²) in [6.45, 7) is 1.45. The second kappa shape index (κ2) is 16.5. The predicted molar refractivity (Wildman–Crippen MR) is 178 cm³/mol. The summed E-state index contributed by atoms with van der Waals surface area (Å²) in [5.41, 5.74) is 2.03. The quantitative estimate of drug-likeness (QED) is 0.138. The zero-order valence-corrected chi connectivity index (χ0v) is 29.5. The standard InChI is InChI=1S/C28H24O9S2.2CH4O3S/c1-18-3-8-21(16-26(18)38(30,31)32)28(29)22-9-14-25(27(17-22)39(33,34)35)37-24-12-6-20(7-13-24)15-19-4-10-23(36-2)11-5-19;2*1-5(2,3)4/h3-14,16-17H,15H2,1-2H3,(H,30,31,32)(H,33,34,35);2*1H3,(H,2,3,4). The van der Waals surface area contributed by atoms with Crippen molar-refractivity contribution in [2.75, 3.05) is 19.6 Å². The van der Waals surface area contributed by atoms with Crippen molar-refractivity contribution in [1.82, 2.24) is 0 Å². The second-order valence-corrected chi connectivity index (χ2v) is 15.9. The molecule has 0 saturated carbocycles. The molecule has 266 valence electrons. The van der Waals surface area contributed by atoms with Crippen LogP contribution in [0.1, 0.15) is 32.6 Å². The number of rotatable bonds is 9. The molecule has 0 fully saturated rings. The highest BCUT2D eigenvalue weighted by Gasteiger charge is 2.22. The van der Waals surface area contributed by atoms with Gasteiger partial charge in [0.15, 0.2) is 5.78 Å². The molecule has 0 aliphatic carbocycles. The van der Waals surface area contributed by atoms with Gasteiger partial charge in [-0.1, -0.05) is 36.4 Å². The van der Waals surface area contributed by atoms with Crippen LogP contribution in [0.3, 0.4) is 0 Å². The van der Waals surface area contributed by atoms with Crippen LogP contribution in [-0.4, -0.2) is 77.3 Å². The SMILES string of the molecule is COc1ccc(Cc2ccc(Oc3ccc(C(=O)c4ccc(C)c(S(=O)(=O)O)c4)cc3S(=O)(=O)O)cc2)cc1.CS(=O)(=O)O.CS(=O)(=O)O. The lowest BCUT2D eigenvalue weighted by atomic mass is 10.0. The lowest BCUT2D eigenvalue weighted by Gasteiger charge is -2.12. The van der Waals surface area contributed by atoms with E-state index in [1.165, 1.54) is 31.2 Å². The topological polar surface area (TPSA) is 253 Å². The first-order valence-electron chi connectivity index (χ1n) is 13.3. The Balaban J connectivity index is 0.000000730. The largest absolute Gasteiger partial charge is 0.497 e. The molecule has 0 aliphatic heterocycles. The minimum Gasteiger partial charge on any atom is -0.497 e. The molecule has 4 aromatic rings. The van der Waals surface area contributed by atoms with Gasteiger partial charge in [0.1, 0.15) is 22.1 Å². The Labute approximate surface area is 284 Å². The molecule has 15 nitrogen and oxygen atoms in total. The van der Waals surface area contributed by atoms with Crippen molar-refractivity contribution in [2.45, 2.75) is 23.1 Å². The average molecular weight is 761 g/mol. The van der Waals surface area contributed by atoms with Crippen LogP contribution in [0.5, 0.6) is 17.2 Å². The molecular weight excluding hydrogens is 729 g/mol. The Kier molecular flexibility index (Phi) is 13.8. The molecule has 0 aliphatic rings. The van der Waals surface area contributed by atoms with Gasteiger partial charge in [0.05, 0.1) is 24.5 Å². The van der Waals surface area contributed by atoms with E-state index in [4.69, 9.17) is 18.6 Å². The first kappa shape index (κ1) is 41.0. The van der Waals surface area contributed by atoms with Crippen LogP contribution in [0.4, 0.5) is 0 Å². The lowest BCUT2D eigenvalue weighted by Crippen LogP contribution is -2.08. The summed E-state index contributed by atoms with van der Waals surface area (Å²) in [7, 11) is -15.1. The van der Waals surface area contributed by atoms with Crippen molar-refractivity contribution in [3.8, 4) is 17.2 Å². The fourth-order valence-corrected chi connectivity index (χ4v) is 5.29. The van der Waals surface area contributed by atoms with Gasteiger partial charge in [0.25, 0.3) is 40.5 Å².